The summed E-state index contributed by atoms with van der Waals surface area (Å²) in [4.78, 5) is 16.0. The van der Waals surface area contributed by atoms with Crippen molar-refractivity contribution < 1.29 is 9.53 Å². The zero-order valence-corrected chi connectivity index (χ0v) is 13.8. The standard InChI is InChI=1S/C15H30N4O2/c1-5-16-13(17-9-8-12-6-7-12)18-10-11-19-14(20)21-15(2,3)4/h12H,5-11H2,1-4H3,(H,19,20)(H2,16,17,18). The molecule has 3 N–H and O–H groups in total. The van der Waals surface area contributed by atoms with Crippen LogP contribution in [0.25, 0.3) is 0 Å². The highest BCUT2D eigenvalue weighted by molar-refractivity contribution is 5.79. The number of rotatable bonds is 7. The number of ether oxygens (including phenoxy) is 1. The van der Waals surface area contributed by atoms with E-state index in [9.17, 15) is 4.79 Å². The molecule has 6 heteroatoms. The molecule has 1 amide bonds. The van der Waals surface area contributed by atoms with Crippen molar-refractivity contribution in [1.29, 1.82) is 0 Å². The number of guanidine groups is 1. The molecule has 1 fully saturated rings. The first-order valence-corrected chi connectivity index (χ1v) is 7.89. The fraction of sp³-hybridized carbons (Fsp3) is 0.867. The molecule has 21 heavy (non-hydrogen) atoms. The third-order valence-electron chi connectivity index (χ3n) is 2.93. The fourth-order valence-corrected chi connectivity index (χ4v) is 1.77. The van der Waals surface area contributed by atoms with Crippen LogP contribution in [0.3, 0.4) is 0 Å². The van der Waals surface area contributed by atoms with Crippen molar-refractivity contribution in [1.82, 2.24) is 16.0 Å². The molecule has 0 aromatic heterocycles. The Morgan fingerprint density at radius 2 is 1.86 bits per heavy atom. The van der Waals surface area contributed by atoms with Gasteiger partial charge in [-0.15, -0.1) is 0 Å². The first kappa shape index (κ1) is 17.6. The second-order valence-corrected chi connectivity index (χ2v) is 6.35. The molecule has 0 radical (unpaired) electrons. The second kappa shape index (κ2) is 8.74. The summed E-state index contributed by atoms with van der Waals surface area (Å²) in [5.41, 5.74) is -0.462. The molecular formula is C15H30N4O2. The van der Waals surface area contributed by atoms with E-state index in [1.807, 2.05) is 27.7 Å². The zero-order chi connectivity index (χ0) is 15.7. The lowest BCUT2D eigenvalue weighted by molar-refractivity contribution is 0.0529. The Balaban J connectivity index is 2.15. The van der Waals surface area contributed by atoms with Gasteiger partial charge in [0.05, 0.1) is 0 Å². The quantitative estimate of drug-likeness (QED) is 0.381. The Kier molecular flexibility index (Phi) is 7.32. The molecule has 122 valence electrons. The number of nitrogens with one attached hydrogen (secondary N) is 3. The average Bonchev–Trinajstić information content (AvgIpc) is 3.16. The highest BCUT2D eigenvalue weighted by atomic mass is 16.6. The molecule has 0 aliphatic heterocycles. The van der Waals surface area contributed by atoms with Crippen LogP contribution in [0.1, 0.15) is 47.0 Å². The largest absolute Gasteiger partial charge is 0.444 e. The Bertz CT molecular complexity index is 346. The van der Waals surface area contributed by atoms with Gasteiger partial charge in [-0.05, 0) is 40.0 Å². The molecule has 0 unspecified atom stereocenters. The van der Waals surface area contributed by atoms with Crippen molar-refractivity contribution in [2.45, 2.75) is 52.6 Å². The molecule has 0 atom stereocenters. The van der Waals surface area contributed by atoms with Crippen molar-refractivity contribution in [3.63, 3.8) is 0 Å². The van der Waals surface area contributed by atoms with Gasteiger partial charge in [-0.1, -0.05) is 12.8 Å². The summed E-state index contributed by atoms with van der Waals surface area (Å²) in [6, 6.07) is 0. The maximum absolute atomic E-state index is 11.5. The first-order chi connectivity index (χ1) is 9.90. The van der Waals surface area contributed by atoms with Crippen molar-refractivity contribution >= 4 is 12.1 Å². The van der Waals surface area contributed by atoms with Crippen molar-refractivity contribution in [3.05, 3.63) is 0 Å². The van der Waals surface area contributed by atoms with Crippen LogP contribution in [0.2, 0.25) is 0 Å². The summed E-state index contributed by atoms with van der Waals surface area (Å²) in [7, 11) is 0. The predicted molar refractivity (Wildman–Crippen MR) is 85.6 cm³/mol. The lowest BCUT2D eigenvalue weighted by Gasteiger charge is -2.19. The van der Waals surface area contributed by atoms with Crippen LogP contribution < -0.4 is 16.0 Å². The molecule has 1 aliphatic carbocycles. The summed E-state index contributed by atoms with van der Waals surface area (Å²) >= 11 is 0. The molecule has 6 nitrogen and oxygen atoms in total. The Morgan fingerprint density at radius 3 is 2.43 bits per heavy atom. The van der Waals surface area contributed by atoms with E-state index in [4.69, 9.17) is 4.74 Å². The van der Waals surface area contributed by atoms with Gasteiger partial charge < -0.3 is 20.7 Å². The fourth-order valence-electron chi connectivity index (χ4n) is 1.77. The second-order valence-electron chi connectivity index (χ2n) is 6.35. The van der Waals surface area contributed by atoms with E-state index in [1.54, 1.807) is 0 Å². The number of carbonyl (C=O) groups is 1. The monoisotopic (exact) mass is 298 g/mol. The number of aliphatic imine (C=N–C) groups is 1. The van der Waals surface area contributed by atoms with E-state index < -0.39 is 5.60 Å². The maximum atomic E-state index is 11.5. The van der Waals surface area contributed by atoms with Gasteiger partial charge in [0.15, 0.2) is 5.96 Å². The van der Waals surface area contributed by atoms with Gasteiger partial charge in [-0.25, -0.2) is 4.79 Å². The molecule has 0 saturated heterocycles. The number of hydrogen-bond acceptors (Lipinski definition) is 3. The van der Waals surface area contributed by atoms with Gasteiger partial charge in [0, 0.05) is 26.2 Å². The van der Waals surface area contributed by atoms with Crippen molar-refractivity contribution in [3.8, 4) is 0 Å². The van der Waals surface area contributed by atoms with E-state index in [2.05, 4.69) is 20.9 Å². The van der Waals surface area contributed by atoms with Gasteiger partial charge in [0.25, 0.3) is 0 Å². The molecule has 1 rings (SSSR count). The van der Waals surface area contributed by atoms with E-state index in [1.165, 1.54) is 19.3 Å². The van der Waals surface area contributed by atoms with E-state index in [0.29, 0.717) is 13.1 Å². The SMILES string of the molecule is CCNC(=NCCC1CC1)NCCNC(=O)OC(C)(C)C. The van der Waals surface area contributed by atoms with Crippen LogP contribution in [0.15, 0.2) is 4.99 Å². The van der Waals surface area contributed by atoms with Crippen LogP contribution in [0.4, 0.5) is 4.79 Å². The van der Waals surface area contributed by atoms with E-state index >= 15 is 0 Å². The summed E-state index contributed by atoms with van der Waals surface area (Å²) < 4.78 is 5.17. The Morgan fingerprint density at radius 1 is 1.19 bits per heavy atom. The summed E-state index contributed by atoms with van der Waals surface area (Å²) in [5.74, 6) is 1.70. The van der Waals surface area contributed by atoms with Crippen LogP contribution in [-0.2, 0) is 4.74 Å². The zero-order valence-electron chi connectivity index (χ0n) is 13.8. The molecule has 0 heterocycles. The lowest BCUT2D eigenvalue weighted by Crippen LogP contribution is -2.42. The molecule has 1 aliphatic rings. The average molecular weight is 298 g/mol. The summed E-state index contributed by atoms with van der Waals surface area (Å²) in [5, 5.41) is 9.11. The van der Waals surface area contributed by atoms with Crippen LogP contribution in [0, 0.1) is 5.92 Å². The molecular weight excluding hydrogens is 268 g/mol. The Hall–Kier alpha value is -1.46. The normalized spacial score (nSPS) is 15.5. The lowest BCUT2D eigenvalue weighted by atomic mass is 10.2. The van der Waals surface area contributed by atoms with Crippen LogP contribution >= 0.6 is 0 Å². The smallest absolute Gasteiger partial charge is 0.407 e. The predicted octanol–water partition coefficient (Wildman–Crippen LogP) is 1.87. The van der Waals surface area contributed by atoms with Gasteiger partial charge in [-0.2, -0.15) is 0 Å². The topological polar surface area (TPSA) is 74.8 Å². The number of alkyl carbamates (subject to hydrolysis) is 1. The maximum Gasteiger partial charge on any atom is 0.407 e. The molecule has 0 bridgehead atoms. The minimum Gasteiger partial charge on any atom is -0.444 e. The minimum atomic E-state index is -0.462. The van der Waals surface area contributed by atoms with Gasteiger partial charge in [0.1, 0.15) is 5.60 Å². The third-order valence-corrected chi connectivity index (χ3v) is 2.93. The van der Waals surface area contributed by atoms with Gasteiger partial charge >= 0.3 is 6.09 Å². The van der Waals surface area contributed by atoms with E-state index in [0.717, 1.165) is 25.0 Å². The summed E-state index contributed by atoms with van der Waals surface area (Å²) in [6.45, 7) is 10.4. The van der Waals surface area contributed by atoms with Crippen LogP contribution in [0.5, 0.6) is 0 Å². The molecule has 0 spiro atoms. The van der Waals surface area contributed by atoms with Crippen LogP contribution in [-0.4, -0.2) is 43.8 Å². The molecule has 1 saturated carbocycles. The first-order valence-electron chi connectivity index (χ1n) is 7.89. The minimum absolute atomic E-state index is 0.389. The van der Waals surface area contributed by atoms with Gasteiger partial charge in [-0.3, -0.25) is 4.99 Å². The highest BCUT2D eigenvalue weighted by Gasteiger charge is 2.20. The van der Waals surface area contributed by atoms with Gasteiger partial charge in [0.2, 0.25) is 0 Å². The third kappa shape index (κ3) is 9.98. The van der Waals surface area contributed by atoms with Crippen molar-refractivity contribution in [2.24, 2.45) is 10.9 Å². The molecule has 0 aromatic carbocycles. The number of amides is 1. The number of carbonyl (C=O) groups excluding carboxylic acids is 1. The van der Waals surface area contributed by atoms with E-state index in [-0.39, 0.29) is 6.09 Å². The number of hydrogen-bond donors (Lipinski definition) is 3. The Labute approximate surface area is 128 Å². The highest BCUT2D eigenvalue weighted by Crippen LogP contribution is 2.32. The van der Waals surface area contributed by atoms with Crippen molar-refractivity contribution in [2.75, 3.05) is 26.2 Å². The number of nitrogens with zero attached hydrogens (tertiary/aromatic N) is 1. The molecule has 0 aromatic rings. The summed E-state index contributed by atoms with van der Waals surface area (Å²) in [6.07, 6.45) is 3.51.